The number of aliphatic hydroxyl groups excluding tert-OH is 1. The van der Waals surface area contributed by atoms with E-state index >= 15 is 0 Å². The van der Waals surface area contributed by atoms with Crippen LogP contribution in [0.3, 0.4) is 0 Å². The smallest absolute Gasteiger partial charge is 0.462 e. The van der Waals surface area contributed by atoms with E-state index in [9.17, 15) is 43.2 Å². The summed E-state index contributed by atoms with van der Waals surface area (Å²) >= 11 is 0. The molecule has 19 heteroatoms. The summed E-state index contributed by atoms with van der Waals surface area (Å²) in [6.07, 6.45) is 43.9. The fourth-order valence-corrected chi connectivity index (χ4v) is 10.3. The van der Waals surface area contributed by atoms with Crippen LogP contribution in [-0.4, -0.2) is 96.7 Å². The molecule has 81 heavy (non-hydrogen) atoms. The van der Waals surface area contributed by atoms with E-state index in [0.717, 1.165) is 109 Å². The van der Waals surface area contributed by atoms with E-state index in [0.29, 0.717) is 25.7 Å². The van der Waals surface area contributed by atoms with Gasteiger partial charge in [0.05, 0.1) is 26.4 Å². The van der Waals surface area contributed by atoms with E-state index < -0.39 is 97.5 Å². The molecular formula is C62H116O17P2. The van der Waals surface area contributed by atoms with Crippen molar-refractivity contribution in [3.8, 4) is 0 Å². The molecule has 0 aromatic heterocycles. The summed E-state index contributed by atoms with van der Waals surface area (Å²) in [5.41, 5.74) is 0. The number of phosphoric acid groups is 2. The normalized spacial score (nSPS) is 14.4. The molecule has 0 saturated heterocycles. The number of aliphatic hydroxyl groups is 1. The topological polar surface area (TPSA) is 237 Å². The Balaban J connectivity index is 5.23. The number of esters is 4. The van der Waals surface area contributed by atoms with Gasteiger partial charge < -0.3 is 33.8 Å². The van der Waals surface area contributed by atoms with E-state index in [1.54, 1.807) is 0 Å². The first kappa shape index (κ1) is 78.5. The second kappa shape index (κ2) is 56.7. The summed E-state index contributed by atoms with van der Waals surface area (Å²) in [4.78, 5) is 71.9. The zero-order chi connectivity index (χ0) is 59.8. The summed E-state index contributed by atoms with van der Waals surface area (Å²) in [6.45, 7) is 4.75. The van der Waals surface area contributed by atoms with Gasteiger partial charge in [0.25, 0.3) is 0 Å². The van der Waals surface area contributed by atoms with E-state index in [1.807, 2.05) is 0 Å². The van der Waals surface area contributed by atoms with Gasteiger partial charge >= 0.3 is 39.5 Å². The molecule has 0 amide bonds. The van der Waals surface area contributed by atoms with Crippen molar-refractivity contribution < 1.29 is 80.2 Å². The van der Waals surface area contributed by atoms with Gasteiger partial charge in [0.2, 0.25) is 0 Å². The summed E-state index contributed by atoms with van der Waals surface area (Å²) in [5.74, 6) is -2.17. The van der Waals surface area contributed by atoms with Crippen molar-refractivity contribution in [1.29, 1.82) is 0 Å². The SMILES string of the molecule is CCCCCC/C=C\C=C/CCCCCCCC(=O)O[C@H](COC(=O)CCCCCCCCCCC)COP(=O)(O)OC[C@@H](O)COP(=O)(O)OC[C@@H](COC(=O)CCCCCCCCCC)OC(=O)CCCCCCCCCCC. The Morgan fingerprint density at radius 1 is 0.346 bits per heavy atom. The van der Waals surface area contributed by atoms with Crippen molar-refractivity contribution in [3.63, 3.8) is 0 Å². The number of carbonyl (C=O) groups is 4. The van der Waals surface area contributed by atoms with Crippen LogP contribution in [0.15, 0.2) is 24.3 Å². The van der Waals surface area contributed by atoms with Crippen molar-refractivity contribution in [2.24, 2.45) is 0 Å². The molecule has 476 valence electrons. The Hall–Kier alpha value is -2.46. The predicted molar refractivity (Wildman–Crippen MR) is 321 cm³/mol. The van der Waals surface area contributed by atoms with Gasteiger partial charge in [-0.1, -0.05) is 238 Å². The summed E-state index contributed by atoms with van der Waals surface area (Å²) in [7, 11) is -9.89. The maximum absolute atomic E-state index is 12.9. The molecule has 0 aliphatic carbocycles. The standard InChI is InChI=1S/C62H116O17P2/c1-5-9-13-17-21-25-26-27-28-29-30-33-37-41-45-49-62(67)79-58(53-73-60(65)47-43-39-35-31-22-18-14-10-6-2)55-77-81(70,71)75-51-56(63)50-74-80(68,69)76-54-57(52-72-59(64)46-42-38-34-24-20-16-12-8-4)78-61(66)48-44-40-36-32-23-19-15-11-7-3/h25-28,56-58,63H,5-24,29-55H2,1-4H3,(H,68,69)(H,70,71)/b26-25-,28-27-/t56-,57+,58+/m0/s1. The summed E-state index contributed by atoms with van der Waals surface area (Å²) < 4.78 is 67.7. The minimum atomic E-state index is -4.95. The van der Waals surface area contributed by atoms with Crippen LogP contribution in [0.25, 0.3) is 0 Å². The van der Waals surface area contributed by atoms with E-state index in [2.05, 4.69) is 52.0 Å². The van der Waals surface area contributed by atoms with Crippen LogP contribution >= 0.6 is 15.6 Å². The Labute approximate surface area is 491 Å². The third kappa shape index (κ3) is 56.4. The van der Waals surface area contributed by atoms with Gasteiger partial charge in [0.15, 0.2) is 12.2 Å². The summed E-state index contributed by atoms with van der Waals surface area (Å²) in [6, 6.07) is 0. The number of hydrogen-bond donors (Lipinski definition) is 3. The minimum Gasteiger partial charge on any atom is -0.462 e. The Bertz CT molecular complexity index is 1660. The maximum atomic E-state index is 12.9. The highest BCUT2D eigenvalue weighted by atomic mass is 31.2. The van der Waals surface area contributed by atoms with Gasteiger partial charge in [-0.2, -0.15) is 0 Å². The fourth-order valence-electron chi connectivity index (χ4n) is 8.74. The second-order valence-corrected chi connectivity index (χ2v) is 24.7. The highest BCUT2D eigenvalue weighted by Crippen LogP contribution is 2.45. The number of hydrogen-bond acceptors (Lipinski definition) is 15. The van der Waals surface area contributed by atoms with E-state index in [4.69, 9.17) is 37.0 Å². The van der Waals surface area contributed by atoms with Crippen LogP contribution < -0.4 is 0 Å². The molecule has 17 nitrogen and oxygen atoms in total. The number of phosphoric ester groups is 2. The average Bonchev–Trinajstić information content (AvgIpc) is 3.44. The van der Waals surface area contributed by atoms with Crippen LogP contribution in [0.4, 0.5) is 0 Å². The van der Waals surface area contributed by atoms with Gasteiger partial charge in [0.1, 0.15) is 19.3 Å². The Morgan fingerprint density at radius 3 is 0.901 bits per heavy atom. The van der Waals surface area contributed by atoms with Crippen molar-refractivity contribution in [1.82, 2.24) is 0 Å². The lowest BCUT2D eigenvalue weighted by Crippen LogP contribution is -2.30. The molecule has 0 heterocycles. The van der Waals surface area contributed by atoms with Gasteiger partial charge in [0, 0.05) is 25.7 Å². The lowest BCUT2D eigenvalue weighted by atomic mass is 10.1. The van der Waals surface area contributed by atoms with Gasteiger partial charge in [-0.25, -0.2) is 9.13 Å². The molecule has 0 saturated carbocycles. The predicted octanol–water partition coefficient (Wildman–Crippen LogP) is 16.7. The number of unbranched alkanes of at least 4 members (excludes halogenated alkanes) is 32. The lowest BCUT2D eigenvalue weighted by molar-refractivity contribution is -0.161. The molecule has 3 N–H and O–H groups in total. The van der Waals surface area contributed by atoms with Crippen LogP contribution in [-0.2, 0) is 65.4 Å². The molecule has 0 aromatic rings. The molecule has 0 aromatic carbocycles. The number of carbonyl (C=O) groups excluding carboxylic acids is 4. The quantitative estimate of drug-likeness (QED) is 0.0169. The molecule has 0 radical (unpaired) electrons. The maximum Gasteiger partial charge on any atom is 0.472 e. The van der Waals surface area contributed by atoms with Crippen molar-refractivity contribution in [3.05, 3.63) is 24.3 Å². The van der Waals surface area contributed by atoms with Crippen molar-refractivity contribution >= 4 is 39.5 Å². The van der Waals surface area contributed by atoms with Gasteiger partial charge in [-0.05, 0) is 51.4 Å². The third-order valence-electron chi connectivity index (χ3n) is 13.7. The molecule has 0 aliphatic rings. The second-order valence-electron chi connectivity index (χ2n) is 21.8. The van der Waals surface area contributed by atoms with Crippen molar-refractivity contribution in [2.75, 3.05) is 39.6 Å². The van der Waals surface area contributed by atoms with Crippen LogP contribution in [0.2, 0.25) is 0 Å². The van der Waals surface area contributed by atoms with Gasteiger partial charge in [-0.15, -0.1) is 0 Å². The lowest BCUT2D eigenvalue weighted by Gasteiger charge is -2.21. The molecule has 0 aliphatic heterocycles. The average molecular weight is 1200 g/mol. The first-order valence-electron chi connectivity index (χ1n) is 32.1. The number of allylic oxidation sites excluding steroid dienone is 4. The first-order chi connectivity index (χ1) is 39.2. The Morgan fingerprint density at radius 2 is 0.593 bits per heavy atom. The zero-order valence-corrected chi connectivity index (χ0v) is 53.0. The fraction of sp³-hybridized carbons (Fsp3) is 0.871. The highest BCUT2D eigenvalue weighted by Gasteiger charge is 2.30. The monoisotopic (exact) mass is 1190 g/mol. The van der Waals surface area contributed by atoms with E-state index in [1.165, 1.54) is 103 Å². The number of ether oxygens (including phenoxy) is 4. The molecule has 2 unspecified atom stereocenters. The molecule has 0 rings (SSSR count). The van der Waals surface area contributed by atoms with Crippen LogP contribution in [0.1, 0.15) is 291 Å². The van der Waals surface area contributed by atoms with Gasteiger partial charge in [-0.3, -0.25) is 37.3 Å². The van der Waals surface area contributed by atoms with E-state index in [-0.39, 0.29) is 25.7 Å². The molecular weight excluding hydrogens is 1080 g/mol. The Kier molecular flexibility index (Phi) is 54.9. The molecule has 0 spiro atoms. The largest absolute Gasteiger partial charge is 0.472 e. The van der Waals surface area contributed by atoms with Crippen molar-refractivity contribution in [2.45, 2.75) is 309 Å². The number of rotatable bonds is 61. The first-order valence-corrected chi connectivity index (χ1v) is 35.1. The van der Waals surface area contributed by atoms with Crippen LogP contribution in [0, 0.1) is 0 Å². The zero-order valence-electron chi connectivity index (χ0n) is 51.2. The third-order valence-corrected chi connectivity index (χ3v) is 15.6. The molecule has 0 bridgehead atoms. The minimum absolute atomic E-state index is 0.0851. The molecule has 5 atom stereocenters. The summed E-state index contributed by atoms with van der Waals surface area (Å²) in [5, 5.41) is 10.5. The van der Waals surface area contributed by atoms with Crippen LogP contribution in [0.5, 0.6) is 0 Å². The molecule has 0 fully saturated rings. The highest BCUT2D eigenvalue weighted by molar-refractivity contribution is 7.47.